The van der Waals surface area contributed by atoms with Crippen molar-refractivity contribution in [2.45, 2.75) is 6.54 Å². The van der Waals surface area contributed by atoms with Crippen LogP contribution in [0.15, 0.2) is 92.5 Å². The van der Waals surface area contributed by atoms with E-state index in [1.807, 2.05) is 0 Å². The number of methoxy groups -OCH3 is 2. The van der Waals surface area contributed by atoms with Crippen LogP contribution in [0.4, 0.5) is 10.1 Å². The number of thioether (sulfide) groups is 1. The highest BCUT2D eigenvalue weighted by molar-refractivity contribution is 8.18. The minimum Gasteiger partial charge on any atom is -0.502 e. The Morgan fingerprint density at radius 2 is 1.83 bits per heavy atom. The Bertz CT molecular complexity index is 1800. The minimum absolute atomic E-state index is 0.0911. The van der Waals surface area contributed by atoms with Gasteiger partial charge in [0.2, 0.25) is 5.75 Å². The van der Waals surface area contributed by atoms with Crippen molar-refractivity contribution in [1.29, 1.82) is 0 Å². The SMILES string of the molecule is COc1cc(/C=N\N=C2\S/C(=C\c3cc(Cl)ccc3OCC(=O)Nc3ccc(F)cc3)C(=O)N2Cc2ccco2)cc(OC)c1O. The quantitative estimate of drug-likeness (QED) is 0.108. The molecule has 0 saturated carbocycles. The largest absolute Gasteiger partial charge is 0.502 e. The van der Waals surface area contributed by atoms with E-state index in [4.69, 9.17) is 30.2 Å². The molecule has 4 aromatic rings. The second-order valence-corrected chi connectivity index (χ2v) is 11.0. The summed E-state index contributed by atoms with van der Waals surface area (Å²) < 4.78 is 34.8. The van der Waals surface area contributed by atoms with Crippen molar-refractivity contribution in [3.8, 4) is 23.0 Å². The van der Waals surface area contributed by atoms with Crippen molar-refractivity contribution in [1.82, 2.24) is 4.90 Å². The van der Waals surface area contributed by atoms with Crippen LogP contribution in [0.2, 0.25) is 5.02 Å². The van der Waals surface area contributed by atoms with Gasteiger partial charge >= 0.3 is 0 Å². The number of halogens is 2. The highest BCUT2D eigenvalue weighted by Gasteiger charge is 2.34. The Morgan fingerprint density at radius 3 is 2.50 bits per heavy atom. The highest BCUT2D eigenvalue weighted by Crippen LogP contribution is 2.38. The van der Waals surface area contributed by atoms with Gasteiger partial charge < -0.3 is 29.1 Å². The molecule has 0 radical (unpaired) electrons. The zero-order valence-electron chi connectivity index (χ0n) is 24.4. The zero-order valence-corrected chi connectivity index (χ0v) is 26.0. The summed E-state index contributed by atoms with van der Waals surface area (Å²) in [5, 5.41) is 21.9. The summed E-state index contributed by atoms with van der Waals surface area (Å²) in [4.78, 5) is 27.8. The number of benzene rings is 3. The molecule has 236 valence electrons. The first kappa shape index (κ1) is 32.1. The number of nitrogens with zero attached hydrogens (tertiary/aromatic N) is 3. The van der Waals surface area contributed by atoms with Gasteiger partial charge in [-0.1, -0.05) is 11.6 Å². The number of amidine groups is 1. The molecule has 0 atom stereocenters. The van der Waals surface area contributed by atoms with Crippen molar-refractivity contribution < 1.29 is 37.7 Å². The van der Waals surface area contributed by atoms with Crippen LogP contribution in [0.1, 0.15) is 16.9 Å². The fraction of sp³-hybridized carbons (Fsp3) is 0.125. The third-order valence-electron chi connectivity index (χ3n) is 6.38. The van der Waals surface area contributed by atoms with Crippen molar-refractivity contribution in [2.24, 2.45) is 10.2 Å². The van der Waals surface area contributed by atoms with E-state index in [9.17, 15) is 19.1 Å². The predicted molar refractivity (Wildman–Crippen MR) is 173 cm³/mol. The van der Waals surface area contributed by atoms with E-state index in [2.05, 4.69) is 15.5 Å². The maximum atomic E-state index is 13.6. The lowest BCUT2D eigenvalue weighted by molar-refractivity contribution is -0.122. The topological polar surface area (TPSA) is 135 Å². The van der Waals surface area contributed by atoms with Gasteiger partial charge in [0.05, 0.1) is 38.1 Å². The third-order valence-corrected chi connectivity index (χ3v) is 7.61. The molecule has 2 heterocycles. The van der Waals surface area contributed by atoms with Gasteiger partial charge in [-0.3, -0.25) is 14.5 Å². The number of carbonyl (C=O) groups excluding carboxylic acids is 2. The fourth-order valence-electron chi connectivity index (χ4n) is 4.19. The Labute approximate surface area is 271 Å². The number of aromatic hydroxyl groups is 1. The number of anilines is 1. The fourth-order valence-corrected chi connectivity index (χ4v) is 5.30. The zero-order chi connectivity index (χ0) is 32.6. The molecule has 2 N–H and O–H groups in total. The molecule has 3 aromatic carbocycles. The molecule has 0 aliphatic carbocycles. The lowest BCUT2D eigenvalue weighted by atomic mass is 10.2. The summed E-state index contributed by atoms with van der Waals surface area (Å²) in [5.41, 5.74) is 1.39. The van der Waals surface area contributed by atoms with Crippen LogP contribution in [0.25, 0.3) is 6.08 Å². The average Bonchev–Trinajstić information content (AvgIpc) is 3.66. The number of hydrogen-bond donors (Lipinski definition) is 2. The molecule has 0 unspecified atom stereocenters. The van der Waals surface area contributed by atoms with Crippen LogP contribution >= 0.6 is 23.4 Å². The summed E-state index contributed by atoms with van der Waals surface area (Å²) in [6, 6.07) is 16.7. The van der Waals surface area contributed by atoms with Gasteiger partial charge in [0.25, 0.3) is 11.8 Å². The van der Waals surface area contributed by atoms with Crippen LogP contribution in [-0.4, -0.2) is 54.0 Å². The van der Waals surface area contributed by atoms with Gasteiger partial charge in [0.15, 0.2) is 23.3 Å². The third kappa shape index (κ3) is 7.86. The number of nitrogens with one attached hydrogen (secondary N) is 1. The monoisotopic (exact) mass is 664 g/mol. The molecule has 1 aromatic heterocycles. The van der Waals surface area contributed by atoms with Crippen LogP contribution < -0.4 is 19.5 Å². The Hall–Kier alpha value is -5.27. The number of rotatable bonds is 11. The summed E-state index contributed by atoms with van der Waals surface area (Å²) in [6.45, 7) is -0.261. The number of phenolic OH excluding ortho intramolecular Hbond substituents is 1. The van der Waals surface area contributed by atoms with Crippen LogP contribution in [-0.2, 0) is 16.1 Å². The lowest BCUT2D eigenvalue weighted by Crippen LogP contribution is -2.28. The van der Waals surface area contributed by atoms with E-state index in [0.717, 1.165) is 11.8 Å². The second kappa shape index (κ2) is 14.7. The van der Waals surface area contributed by atoms with Gasteiger partial charge in [0, 0.05) is 21.8 Å². The smallest absolute Gasteiger partial charge is 0.267 e. The summed E-state index contributed by atoms with van der Waals surface area (Å²) >= 11 is 7.34. The first-order valence-electron chi connectivity index (χ1n) is 13.5. The highest BCUT2D eigenvalue weighted by atomic mass is 35.5. The number of phenols is 1. The van der Waals surface area contributed by atoms with Gasteiger partial charge in [-0.05, 0) is 84.6 Å². The van der Waals surface area contributed by atoms with Gasteiger partial charge in [-0.15, -0.1) is 5.10 Å². The second-order valence-electron chi connectivity index (χ2n) is 9.51. The van der Waals surface area contributed by atoms with E-state index < -0.39 is 11.7 Å². The molecule has 1 aliphatic heterocycles. The predicted octanol–water partition coefficient (Wildman–Crippen LogP) is 6.32. The van der Waals surface area contributed by atoms with E-state index in [-0.39, 0.29) is 46.4 Å². The molecular weight excluding hydrogens is 639 g/mol. The summed E-state index contributed by atoms with van der Waals surface area (Å²) in [7, 11) is 2.83. The van der Waals surface area contributed by atoms with Crippen molar-refractivity contribution in [3.63, 3.8) is 0 Å². The van der Waals surface area contributed by atoms with Crippen molar-refractivity contribution in [3.05, 3.63) is 106 Å². The van der Waals surface area contributed by atoms with E-state index in [0.29, 0.717) is 33.3 Å². The number of amides is 2. The first-order valence-corrected chi connectivity index (χ1v) is 14.7. The Balaban J connectivity index is 1.39. The molecular formula is C32H26ClFN4O7S. The van der Waals surface area contributed by atoms with Crippen LogP contribution in [0, 0.1) is 5.82 Å². The number of carbonyl (C=O) groups is 2. The van der Waals surface area contributed by atoms with Gasteiger partial charge in [-0.2, -0.15) is 5.10 Å². The molecule has 2 amide bonds. The van der Waals surface area contributed by atoms with E-state index >= 15 is 0 Å². The van der Waals surface area contributed by atoms with Crippen molar-refractivity contribution in [2.75, 3.05) is 26.1 Å². The molecule has 14 heteroatoms. The molecule has 0 bridgehead atoms. The first-order chi connectivity index (χ1) is 22.2. The maximum absolute atomic E-state index is 13.6. The van der Waals surface area contributed by atoms with Crippen LogP contribution in [0.5, 0.6) is 23.0 Å². The van der Waals surface area contributed by atoms with Crippen LogP contribution in [0.3, 0.4) is 0 Å². The molecule has 1 saturated heterocycles. The summed E-state index contributed by atoms with van der Waals surface area (Å²) in [5.74, 6) is -0.200. The number of furan rings is 1. The van der Waals surface area contributed by atoms with Gasteiger partial charge in [0.1, 0.15) is 17.3 Å². The van der Waals surface area contributed by atoms with E-state index in [1.165, 1.54) is 55.9 Å². The maximum Gasteiger partial charge on any atom is 0.267 e. The summed E-state index contributed by atoms with van der Waals surface area (Å²) in [6.07, 6.45) is 4.51. The number of ether oxygens (including phenoxy) is 3. The Morgan fingerprint density at radius 1 is 1.09 bits per heavy atom. The molecule has 1 fully saturated rings. The lowest BCUT2D eigenvalue weighted by Gasteiger charge is -2.13. The van der Waals surface area contributed by atoms with Crippen molar-refractivity contribution >= 4 is 58.3 Å². The standard InChI is InChI=1S/C32H26ClFN4O7S/c1-42-26-12-19(13-27(43-2)30(26)40)16-35-37-32-38(17-24-4-3-11-44-24)31(41)28(46-32)15-20-14-21(33)5-10-25(20)45-18-29(39)36-23-8-6-22(34)7-9-23/h3-16,40H,17-18H2,1-2H3,(H,36,39)/b28-15-,35-16-,37-32+. The molecule has 1 aliphatic rings. The Kier molecular flexibility index (Phi) is 10.2. The molecule has 46 heavy (non-hydrogen) atoms. The molecule has 5 rings (SSSR count). The van der Waals surface area contributed by atoms with E-state index in [1.54, 1.807) is 48.5 Å². The molecule has 0 spiro atoms. The van der Waals surface area contributed by atoms with Gasteiger partial charge in [-0.25, -0.2) is 4.39 Å². The average molecular weight is 665 g/mol. The normalized spacial score (nSPS) is 14.8. The number of hydrogen-bond acceptors (Lipinski definition) is 10. The molecule has 11 nitrogen and oxygen atoms in total. The minimum atomic E-state index is -0.466.